The van der Waals surface area contributed by atoms with Crippen LogP contribution in [0.2, 0.25) is 0 Å². The predicted octanol–water partition coefficient (Wildman–Crippen LogP) is 1.37. The molecule has 4 heteroatoms. The predicted molar refractivity (Wildman–Crippen MR) is 71.4 cm³/mol. The first-order valence-corrected chi connectivity index (χ1v) is 7.02. The molecule has 3 rings (SSSR count). The Labute approximate surface area is 109 Å². The number of fused-ring (bicyclic) bond motifs is 1. The van der Waals surface area contributed by atoms with Crippen LogP contribution in [0, 0.1) is 6.92 Å². The van der Waals surface area contributed by atoms with E-state index in [0.717, 1.165) is 30.7 Å². The summed E-state index contributed by atoms with van der Waals surface area (Å²) in [6.07, 6.45) is 2.69. The Morgan fingerprint density at radius 1 is 1.39 bits per heavy atom. The molecule has 2 N–H and O–H groups in total. The first-order valence-electron chi connectivity index (χ1n) is 7.02. The molecule has 0 radical (unpaired) electrons. The monoisotopic (exact) mass is 249 g/mol. The third kappa shape index (κ3) is 2.20. The standard InChI is InChI=1S/C14H23N3O/c1-11-4-5-14(18-11)13(9-15)17-8-7-16-6-2-3-12(16)10-17/h4-5,12-13H,2-3,6-10,15H2,1H3. The maximum absolute atomic E-state index is 5.97. The van der Waals surface area contributed by atoms with Crippen LogP contribution in [0.3, 0.4) is 0 Å². The lowest BCUT2D eigenvalue weighted by Gasteiger charge is -2.40. The number of furan rings is 1. The summed E-state index contributed by atoms with van der Waals surface area (Å²) in [5.41, 5.74) is 5.97. The second-order valence-electron chi connectivity index (χ2n) is 5.53. The number of aryl methyl sites for hydroxylation is 1. The zero-order chi connectivity index (χ0) is 12.5. The molecule has 1 aromatic rings. The van der Waals surface area contributed by atoms with Crippen molar-refractivity contribution in [3.63, 3.8) is 0 Å². The quantitative estimate of drug-likeness (QED) is 0.879. The van der Waals surface area contributed by atoms with E-state index in [1.165, 1.54) is 25.9 Å². The molecule has 3 heterocycles. The Morgan fingerprint density at radius 2 is 2.28 bits per heavy atom. The van der Waals surface area contributed by atoms with Crippen LogP contribution in [0.25, 0.3) is 0 Å². The third-order valence-electron chi connectivity index (χ3n) is 4.37. The van der Waals surface area contributed by atoms with Gasteiger partial charge in [0, 0.05) is 32.2 Å². The molecule has 0 amide bonds. The Hall–Kier alpha value is -0.840. The molecule has 2 fully saturated rings. The normalized spacial score (nSPS) is 27.3. The van der Waals surface area contributed by atoms with Crippen molar-refractivity contribution in [3.8, 4) is 0 Å². The molecule has 18 heavy (non-hydrogen) atoms. The van der Waals surface area contributed by atoms with Gasteiger partial charge in [-0.3, -0.25) is 9.80 Å². The second-order valence-corrected chi connectivity index (χ2v) is 5.53. The molecule has 100 valence electrons. The van der Waals surface area contributed by atoms with Crippen molar-refractivity contribution in [2.45, 2.75) is 31.8 Å². The summed E-state index contributed by atoms with van der Waals surface area (Å²) < 4.78 is 5.77. The summed E-state index contributed by atoms with van der Waals surface area (Å²) in [4.78, 5) is 5.13. The minimum absolute atomic E-state index is 0.251. The molecule has 0 spiro atoms. The summed E-state index contributed by atoms with van der Waals surface area (Å²) in [5, 5.41) is 0. The molecule has 2 saturated heterocycles. The number of piperazine rings is 1. The number of nitrogens with zero attached hydrogens (tertiary/aromatic N) is 2. The van der Waals surface area contributed by atoms with Crippen LogP contribution < -0.4 is 5.73 Å². The zero-order valence-corrected chi connectivity index (χ0v) is 11.1. The topological polar surface area (TPSA) is 45.6 Å². The fourth-order valence-electron chi connectivity index (χ4n) is 3.38. The first kappa shape index (κ1) is 12.2. The molecular weight excluding hydrogens is 226 g/mol. The van der Waals surface area contributed by atoms with Crippen molar-refractivity contribution >= 4 is 0 Å². The summed E-state index contributed by atoms with van der Waals surface area (Å²) in [7, 11) is 0. The largest absolute Gasteiger partial charge is 0.465 e. The van der Waals surface area contributed by atoms with Gasteiger partial charge in [0.1, 0.15) is 11.5 Å². The van der Waals surface area contributed by atoms with Gasteiger partial charge in [-0.1, -0.05) is 0 Å². The summed E-state index contributed by atoms with van der Waals surface area (Å²) in [6, 6.07) is 5.10. The van der Waals surface area contributed by atoms with Crippen LogP contribution in [0.5, 0.6) is 0 Å². The lowest BCUT2D eigenvalue weighted by atomic mass is 10.1. The number of hydrogen-bond donors (Lipinski definition) is 1. The maximum atomic E-state index is 5.97. The Kier molecular flexibility index (Phi) is 3.41. The summed E-state index contributed by atoms with van der Waals surface area (Å²) >= 11 is 0. The summed E-state index contributed by atoms with van der Waals surface area (Å²) in [5.74, 6) is 2.00. The summed E-state index contributed by atoms with van der Waals surface area (Å²) in [6.45, 7) is 7.35. The van der Waals surface area contributed by atoms with E-state index in [-0.39, 0.29) is 6.04 Å². The van der Waals surface area contributed by atoms with E-state index in [9.17, 15) is 0 Å². The van der Waals surface area contributed by atoms with Gasteiger partial charge in [-0.15, -0.1) is 0 Å². The van der Waals surface area contributed by atoms with Crippen molar-refractivity contribution in [2.75, 3.05) is 32.7 Å². The minimum Gasteiger partial charge on any atom is -0.465 e. The fourth-order valence-corrected chi connectivity index (χ4v) is 3.38. The van der Waals surface area contributed by atoms with Crippen molar-refractivity contribution in [2.24, 2.45) is 5.73 Å². The minimum atomic E-state index is 0.251. The van der Waals surface area contributed by atoms with Crippen LogP contribution in [0.4, 0.5) is 0 Å². The molecule has 0 aliphatic carbocycles. The smallest absolute Gasteiger partial charge is 0.122 e. The van der Waals surface area contributed by atoms with Gasteiger partial charge in [0.05, 0.1) is 6.04 Å². The maximum Gasteiger partial charge on any atom is 0.122 e. The Balaban J connectivity index is 1.72. The highest BCUT2D eigenvalue weighted by atomic mass is 16.3. The van der Waals surface area contributed by atoms with E-state index < -0.39 is 0 Å². The van der Waals surface area contributed by atoms with Gasteiger partial charge in [0.25, 0.3) is 0 Å². The SMILES string of the molecule is Cc1ccc(C(CN)N2CCN3CCCC3C2)o1. The van der Waals surface area contributed by atoms with E-state index in [2.05, 4.69) is 15.9 Å². The third-order valence-corrected chi connectivity index (χ3v) is 4.37. The second kappa shape index (κ2) is 5.03. The average molecular weight is 249 g/mol. The molecule has 0 bridgehead atoms. The van der Waals surface area contributed by atoms with E-state index >= 15 is 0 Å². The van der Waals surface area contributed by atoms with Crippen molar-refractivity contribution < 1.29 is 4.42 Å². The van der Waals surface area contributed by atoms with Crippen LogP contribution in [-0.2, 0) is 0 Å². The Morgan fingerprint density at radius 3 is 3.00 bits per heavy atom. The Bertz CT molecular complexity index is 403. The van der Waals surface area contributed by atoms with Crippen LogP contribution in [0.1, 0.15) is 30.4 Å². The van der Waals surface area contributed by atoms with E-state index in [4.69, 9.17) is 10.2 Å². The molecule has 0 aromatic carbocycles. The van der Waals surface area contributed by atoms with E-state index in [1.807, 2.05) is 13.0 Å². The molecular formula is C14H23N3O. The first-order chi connectivity index (χ1) is 8.78. The molecule has 1 aromatic heterocycles. The van der Waals surface area contributed by atoms with Gasteiger partial charge in [0.2, 0.25) is 0 Å². The fraction of sp³-hybridized carbons (Fsp3) is 0.714. The van der Waals surface area contributed by atoms with Crippen LogP contribution in [-0.4, -0.2) is 48.6 Å². The van der Waals surface area contributed by atoms with Gasteiger partial charge in [-0.2, -0.15) is 0 Å². The van der Waals surface area contributed by atoms with Gasteiger partial charge in [-0.05, 0) is 38.4 Å². The highest BCUT2D eigenvalue weighted by Crippen LogP contribution is 2.28. The van der Waals surface area contributed by atoms with Gasteiger partial charge in [0.15, 0.2) is 0 Å². The number of rotatable bonds is 3. The van der Waals surface area contributed by atoms with E-state index in [0.29, 0.717) is 6.54 Å². The molecule has 0 saturated carbocycles. The zero-order valence-electron chi connectivity index (χ0n) is 11.1. The van der Waals surface area contributed by atoms with E-state index in [1.54, 1.807) is 0 Å². The molecule has 4 nitrogen and oxygen atoms in total. The van der Waals surface area contributed by atoms with Gasteiger partial charge >= 0.3 is 0 Å². The van der Waals surface area contributed by atoms with Crippen molar-refractivity contribution in [1.82, 2.24) is 9.80 Å². The van der Waals surface area contributed by atoms with Crippen LogP contribution in [0.15, 0.2) is 16.5 Å². The molecule has 2 aliphatic heterocycles. The van der Waals surface area contributed by atoms with Gasteiger partial charge < -0.3 is 10.2 Å². The van der Waals surface area contributed by atoms with Crippen molar-refractivity contribution in [1.29, 1.82) is 0 Å². The van der Waals surface area contributed by atoms with Crippen LogP contribution >= 0.6 is 0 Å². The van der Waals surface area contributed by atoms with Crippen molar-refractivity contribution in [3.05, 3.63) is 23.7 Å². The molecule has 2 atom stereocenters. The highest BCUT2D eigenvalue weighted by Gasteiger charge is 2.34. The lowest BCUT2D eigenvalue weighted by molar-refractivity contribution is 0.0659. The van der Waals surface area contributed by atoms with Gasteiger partial charge in [-0.25, -0.2) is 0 Å². The number of hydrogen-bond acceptors (Lipinski definition) is 4. The highest BCUT2D eigenvalue weighted by molar-refractivity contribution is 5.11. The average Bonchev–Trinajstić information content (AvgIpc) is 2.99. The molecule has 2 unspecified atom stereocenters. The number of nitrogens with two attached hydrogens (primary N) is 1. The lowest BCUT2D eigenvalue weighted by Crippen LogP contribution is -2.52. The molecule has 2 aliphatic rings.